The van der Waals surface area contributed by atoms with Crippen molar-refractivity contribution in [1.82, 2.24) is 0 Å². The van der Waals surface area contributed by atoms with Crippen LogP contribution in [-0.2, 0) is 14.4 Å². The number of carbonyl (C=O) groups is 3. The molecule has 4 aliphatic rings. The summed E-state index contributed by atoms with van der Waals surface area (Å²) in [6.45, 7) is 15.1. The van der Waals surface area contributed by atoms with Crippen LogP contribution in [0.5, 0.6) is 0 Å². The van der Waals surface area contributed by atoms with E-state index in [0.29, 0.717) is 30.6 Å². The molecule has 0 N–H and O–H groups in total. The van der Waals surface area contributed by atoms with Crippen LogP contribution in [0.2, 0.25) is 0 Å². The van der Waals surface area contributed by atoms with Crippen molar-refractivity contribution in [2.75, 3.05) is 0 Å². The molecule has 4 aliphatic carbocycles. The molecule has 0 aromatic heterocycles. The summed E-state index contributed by atoms with van der Waals surface area (Å²) in [5.41, 5.74) is 0.580. The van der Waals surface area contributed by atoms with E-state index in [4.69, 9.17) is 0 Å². The minimum absolute atomic E-state index is 0.0241. The van der Waals surface area contributed by atoms with Gasteiger partial charge in [0.2, 0.25) is 0 Å². The first-order valence-electron chi connectivity index (χ1n) is 12.1. The lowest BCUT2D eigenvalue weighted by Gasteiger charge is -2.64. The van der Waals surface area contributed by atoms with Gasteiger partial charge in [-0.1, -0.05) is 27.7 Å². The average Bonchev–Trinajstić information content (AvgIpc) is 2.90. The van der Waals surface area contributed by atoms with Gasteiger partial charge in [0.25, 0.3) is 0 Å². The van der Waals surface area contributed by atoms with E-state index < -0.39 is 5.41 Å². The molecule has 166 valence electrons. The lowest BCUT2D eigenvalue weighted by atomic mass is 9.39. The second kappa shape index (κ2) is 6.62. The van der Waals surface area contributed by atoms with Crippen molar-refractivity contribution >= 4 is 17.3 Å². The predicted octanol–water partition coefficient (Wildman–Crippen LogP) is 5.95. The topological polar surface area (TPSA) is 51.2 Å². The number of Topliss-reactive ketones (excluding diaryl/α,β-unsaturated/α-hetero) is 2. The third-order valence-electron chi connectivity index (χ3n) is 10.7. The number of ketones is 3. The van der Waals surface area contributed by atoms with E-state index in [1.807, 2.05) is 19.9 Å². The smallest absolute Gasteiger partial charge is 0.159 e. The Hall–Kier alpha value is -1.25. The SMILES string of the molecule is CC(=O)C[C@@H](C)[C@H]1CC[C@@]2(C)[C@@H]3C(=O)C=C4[C@@H](CCC(=O)C4(C)C)[C@]3(C)CC[C@]12C. The van der Waals surface area contributed by atoms with E-state index in [9.17, 15) is 14.4 Å². The molecule has 3 fully saturated rings. The molecule has 0 unspecified atom stereocenters. The van der Waals surface area contributed by atoms with Crippen molar-refractivity contribution in [2.24, 2.45) is 45.3 Å². The van der Waals surface area contributed by atoms with E-state index in [-0.39, 0.29) is 39.5 Å². The maximum atomic E-state index is 13.8. The zero-order valence-corrected chi connectivity index (χ0v) is 20.1. The highest BCUT2D eigenvalue weighted by molar-refractivity contribution is 5.98. The molecular weight excluding hydrogens is 372 g/mol. The van der Waals surface area contributed by atoms with Crippen LogP contribution in [0.1, 0.15) is 93.4 Å². The van der Waals surface area contributed by atoms with Crippen LogP contribution in [0.25, 0.3) is 0 Å². The van der Waals surface area contributed by atoms with Crippen LogP contribution in [-0.4, -0.2) is 17.3 Å². The fourth-order valence-electron chi connectivity index (χ4n) is 8.89. The Morgan fingerprint density at radius 1 is 1.03 bits per heavy atom. The summed E-state index contributed by atoms with van der Waals surface area (Å²) in [4.78, 5) is 38.3. The van der Waals surface area contributed by atoms with Gasteiger partial charge in [-0.2, -0.15) is 0 Å². The Morgan fingerprint density at radius 3 is 2.33 bits per heavy atom. The maximum absolute atomic E-state index is 13.8. The van der Waals surface area contributed by atoms with Crippen LogP contribution < -0.4 is 0 Å². The molecule has 4 rings (SSSR count). The van der Waals surface area contributed by atoms with E-state index in [1.165, 1.54) is 0 Å². The monoisotopic (exact) mass is 412 g/mol. The highest BCUT2D eigenvalue weighted by atomic mass is 16.1. The van der Waals surface area contributed by atoms with Gasteiger partial charge in [0.1, 0.15) is 11.6 Å². The standard InChI is InChI=1S/C27H40O3/c1-16(14-17(2)28)18-10-11-27(7)23-21(29)15-20-19(8-9-22(30)24(20,3)4)25(23,5)12-13-26(18,27)6/h15-16,18-19,23H,8-14H2,1-7H3/t16-,18-,19-,23-,25+,26-,27+/m1/s1. The third-order valence-corrected chi connectivity index (χ3v) is 10.7. The molecule has 0 amide bonds. The third kappa shape index (κ3) is 2.65. The minimum atomic E-state index is -0.511. The van der Waals surface area contributed by atoms with Gasteiger partial charge >= 0.3 is 0 Å². The Morgan fingerprint density at radius 2 is 1.70 bits per heavy atom. The summed E-state index contributed by atoms with van der Waals surface area (Å²) in [6, 6.07) is 0. The second-order valence-electron chi connectivity index (χ2n) is 12.4. The quantitative estimate of drug-likeness (QED) is 0.575. The van der Waals surface area contributed by atoms with Gasteiger partial charge in [0.15, 0.2) is 5.78 Å². The van der Waals surface area contributed by atoms with Gasteiger partial charge in [0, 0.05) is 24.2 Å². The molecule has 0 aromatic carbocycles. The number of fused-ring (bicyclic) bond motifs is 5. The summed E-state index contributed by atoms with van der Waals surface area (Å²) in [7, 11) is 0. The Balaban J connectivity index is 1.77. The molecule has 3 heteroatoms. The molecule has 7 atom stereocenters. The first-order valence-corrected chi connectivity index (χ1v) is 12.1. The Labute approximate surface area is 182 Å². The van der Waals surface area contributed by atoms with E-state index >= 15 is 0 Å². The van der Waals surface area contributed by atoms with Crippen molar-refractivity contribution < 1.29 is 14.4 Å². The molecular formula is C27H40O3. The Bertz CT molecular complexity index is 835. The summed E-state index contributed by atoms with van der Waals surface area (Å²) >= 11 is 0. The largest absolute Gasteiger partial charge is 0.300 e. The van der Waals surface area contributed by atoms with Crippen molar-refractivity contribution in [2.45, 2.75) is 93.4 Å². The van der Waals surface area contributed by atoms with E-state index in [1.54, 1.807) is 6.92 Å². The zero-order valence-electron chi connectivity index (χ0n) is 20.1. The summed E-state index contributed by atoms with van der Waals surface area (Å²) in [6.07, 6.45) is 8.43. The summed E-state index contributed by atoms with van der Waals surface area (Å²) < 4.78 is 0. The lowest BCUT2D eigenvalue weighted by molar-refractivity contribution is -0.163. The van der Waals surface area contributed by atoms with Crippen LogP contribution in [0.3, 0.4) is 0 Å². The number of allylic oxidation sites excluding steroid dienone is 2. The average molecular weight is 413 g/mol. The second-order valence-corrected chi connectivity index (χ2v) is 12.4. The summed E-state index contributed by atoms with van der Waals surface area (Å²) in [5, 5.41) is 0. The number of hydrogen-bond acceptors (Lipinski definition) is 3. The molecule has 0 aromatic rings. The highest BCUT2D eigenvalue weighted by Gasteiger charge is 2.69. The van der Waals surface area contributed by atoms with Crippen LogP contribution >= 0.6 is 0 Å². The molecule has 0 heterocycles. The van der Waals surface area contributed by atoms with Gasteiger partial charge in [0.05, 0.1) is 0 Å². The Kier molecular flexibility index (Phi) is 4.85. The van der Waals surface area contributed by atoms with Crippen molar-refractivity contribution in [3.63, 3.8) is 0 Å². The van der Waals surface area contributed by atoms with Gasteiger partial charge in [-0.05, 0) is 98.5 Å². The normalized spacial score (nSPS) is 45.8. The van der Waals surface area contributed by atoms with Crippen LogP contribution in [0.15, 0.2) is 11.6 Å². The maximum Gasteiger partial charge on any atom is 0.159 e. The van der Waals surface area contributed by atoms with Crippen molar-refractivity contribution in [1.29, 1.82) is 0 Å². The predicted molar refractivity (Wildman–Crippen MR) is 119 cm³/mol. The van der Waals surface area contributed by atoms with Gasteiger partial charge in [-0.15, -0.1) is 0 Å². The van der Waals surface area contributed by atoms with Crippen molar-refractivity contribution in [3.8, 4) is 0 Å². The molecule has 0 saturated heterocycles. The van der Waals surface area contributed by atoms with E-state index in [0.717, 1.165) is 37.7 Å². The highest BCUT2D eigenvalue weighted by Crippen LogP contribution is 2.74. The van der Waals surface area contributed by atoms with Crippen LogP contribution in [0, 0.1) is 45.3 Å². The zero-order chi connectivity index (χ0) is 22.3. The molecule has 0 bridgehead atoms. The van der Waals surface area contributed by atoms with Gasteiger partial charge in [-0.25, -0.2) is 0 Å². The summed E-state index contributed by atoms with van der Waals surface area (Å²) in [5.74, 6) is 2.05. The molecule has 3 saturated carbocycles. The first-order chi connectivity index (χ1) is 13.8. The lowest BCUT2D eigenvalue weighted by Crippen LogP contribution is -2.61. The number of hydrogen-bond donors (Lipinski definition) is 0. The molecule has 0 radical (unpaired) electrons. The van der Waals surface area contributed by atoms with Crippen molar-refractivity contribution in [3.05, 3.63) is 11.6 Å². The first kappa shape index (κ1) is 22.0. The molecule has 3 nitrogen and oxygen atoms in total. The fourth-order valence-corrected chi connectivity index (χ4v) is 8.89. The molecule has 0 spiro atoms. The molecule has 30 heavy (non-hydrogen) atoms. The van der Waals surface area contributed by atoms with Crippen LogP contribution in [0.4, 0.5) is 0 Å². The number of rotatable bonds is 3. The number of carbonyl (C=O) groups excluding carboxylic acids is 3. The minimum Gasteiger partial charge on any atom is -0.300 e. The fraction of sp³-hybridized carbons (Fsp3) is 0.815. The molecule has 0 aliphatic heterocycles. The van der Waals surface area contributed by atoms with Gasteiger partial charge in [-0.3, -0.25) is 9.59 Å². The van der Waals surface area contributed by atoms with E-state index in [2.05, 4.69) is 27.7 Å². The van der Waals surface area contributed by atoms with Gasteiger partial charge < -0.3 is 4.79 Å².